The Labute approximate surface area is 109 Å². The lowest BCUT2D eigenvalue weighted by molar-refractivity contribution is -0.181. The first-order valence-corrected chi connectivity index (χ1v) is 6.53. The Balaban J connectivity index is 1.83. The molecule has 7 heteroatoms. The highest BCUT2D eigenvalue weighted by Crippen LogP contribution is 2.28. The molecule has 0 bridgehead atoms. The van der Waals surface area contributed by atoms with Crippen molar-refractivity contribution in [2.24, 2.45) is 0 Å². The molecule has 1 amide bonds. The molecule has 2 rings (SSSR count). The van der Waals surface area contributed by atoms with Gasteiger partial charge in [-0.05, 0) is 12.8 Å². The van der Waals surface area contributed by atoms with Gasteiger partial charge in [0.1, 0.15) is 13.2 Å². The fraction of sp³-hybridized carbons (Fsp3) is 0.917. The van der Waals surface area contributed by atoms with Gasteiger partial charge in [0, 0.05) is 6.54 Å². The topological polar surface area (TPSA) is 38.8 Å². The van der Waals surface area contributed by atoms with Crippen LogP contribution in [0.15, 0.2) is 0 Å². The molecule has 2 unspecified atom stereocenters. The largest absolute Gasteiger partial charge is 0.411 e. The third-order valence-corrected chi connectivity index (χ3v) is 3.54. The van der Waals surface area contributed by atoms with Crippen molar-refractivity contribution in [3.05, 3.63) is 0 Å². The molecule has 110 valence electrons. The SMILES string of the molecule is O=C(COCC(F)(F)F)N1CCOC2CCCCC21. The summed E-state index contributed by atoms with van der Waals surface area (Å²) in [5.74, 6) is -0.371. The number of halogens is 3. The van der Waals surface area contributed by atoms with Crippen LogP contribution >= 0.6 is 0 Å². The summed E-state index contributed by atoms with van der Waals surface area (Å²) in [6.45, 7) is -0.999. The zero-order valence-electron chi connectivity index (χ0n) is 10.6. The first-order chi connectivity index (χ1) is 8.97. The number of amides is 1. The normalized spacial score (nSPS) is 28.1. The Bertz CT molecular complexity index is 320. The van der Waals surface area contributed by atoms with Gasteiger partial charge in [0.2, 0.25) is 5.91 Å². The van der Waals surface area contributed by atoms with Crippen molar-refractivity contribution in [1.29, 1.82) is 0 Å². The molecule has 4 nitrogen and oxygen atoms in total. The second-order valence-corrected chi connectivity index (χ2v) is 4.96. The summed E-state index contributed by atoms with van der Waals surface area (Å²) in [4.78, 5) is 13.5. The van der Waals surface area contributed by atoms with E-state index in [0.29, 0.717) is 13.2 Å². The lowest BCUT2D eigenvalue weighted by atomic mass is 9.90. The van der Waals surface area contributed by atoms with Gasteiger partial charge in [-0.1, -0.05) is 12.8 Å². The molecule has 1 heterocycles. The minimum Gasteiger partial charge on any atom is -0.374 e. The van der Waals surface area contributed by atoms with Crippen LogP contribution in [-0.4, -0.2) is 55.5 Å². The van der Waals surface area contributed by atoms with Crippen LogP contribution in [0.4, 0.5) is 13.2 Å². The van der Waals surface area contributed by atoms with Crippen LogP contribution in [0.2, 0.25) is 0 Å². The number of carbonyl (C=O) groups is 1. The fourth-order valence-corrected chi connectivity index (χ4v) is 2.74. The number of nitrogens with zero attached hydrogens (tertiary/aromatic N) is 1. The summed E-state index contributed by atoms with van der Waals surface area (Å²) in [6, 6.07) is 0.00415. The molecule has 0 aromatic heterocycles. The highest BCUT2D eigenvalue weighted by Gasteiger charge is 2.37. The summed E-state index contributed by atoms with van der Waals surface area (Å²) in [7, 11) is 0. The molecule has 2 fully saturated rings. The standard InChI is InChI=1S/C12H18F3NO3/c13-12(14,15)8-18-7-11(17)16-5-6-19-10-4-2-1-3-9(10)16/h9-10H,1-8H2. The van der Waals surface area contributed by atoms with E-state index >= 15 is 0 Å². The van der Waals surface area contributed by atoms with Crippen molar-refractivity contribution < 1.29 is 27.4 Å². The van der Waals surface area contributed by atoms with Gasteiger partial charge in [-0.3, -0.25) is 4.79 Å². The molecule has 0 radical (unpaired) electrons. The Morgan fingerprint density at radius 3 is 2.79 bits per heavy atom. The molecule has 0 spiro atoms. The van der Waals surface area contributed by atoms with Gasteiger partial charge in [-0.25, -0.2) is 0 Å². The highest BCUT2D eigenvalue weighted by molar-refractivity contribution is 5.78. The number of hydrogen-bond donors (Lipinski definition) is 0. The van der Waals surface area contributed by atoms with Crippen molar-refractivity contribution in [1.82, 2.24) is 4.90 Å². The van der Waals surface area contributed by atoms with E-state index in [1.54, 1.807) is 4.90 Å². The van der Waals surface area contributed by atoms with Gasteiger partial charge in [0.15, 0.2) is 0 Å². The van der Waals surface area contributed by atoms with E-state index < -0.39 is 19.4 Å². The van der Waals surface area contributed by atoms with E-state index in [1.165, 1.54) is 0 Å². The molecule has 0 aromatic carbocycles. The summed E-state index contributed by atoms with van der Waals surface area (Å²) in [5.41, 5.74) is 0. The Kier molecular flexibility index (Phi) is 4.67. The molecule has 19 heavy (non-hydrogen) atoms. The molecule has 1 saturated heterocycles. The highest BCUT2D eigenvalue weighted by atomic mass is 19.4. The van der Waals surface area contributed by atoms with Gasteiger partial charge < -0.3 is 14.4 Å². The maximum Gasteiger partial charge on any atom is 0.411 e. The van der Waals surface area contributed by atoms with Crippen molar-refractivity contribution in [3.63, 3.8) is 0 Å². The summed E-state index contributed by atoms with van der Waals surface area (Å²) >= 11 is 0. The molecule has 1 aliphatic carbocycles. The average Bonchev–Trinajstić information content (AvgIpc) is 2.36. The van der Waals surface area contributed by atoms with Crippen LogP contribution in [-0.2, 0) is 14.3 Å². The van der Waals surface area contributed by atoms with E-state index in [4.69, 9.17) is 4.74 Å². The summed E-state index contributed by atoms with van der Waals surface area (Å²) < 4.78 is 45.9. The quantitative estimate of drug-likeness (QED) is 0.791. The van der Waals surface area contributed by atoms with E-state index in [1.807, 2.05) is 0 Å². The molecule has 2 aliphatic rings. The number of rotatable bonds is 3. The van der Waals surface area contributed by atoms with Gasteiger partial charge in [-0.2, -0.15) is 13.2 Å². The van der Waals surface area contributed by atoms with Crippen molar-refractivity contribution >= 4 is 5.91 Å². The lowest BCUT2D eigenvalue weighted by Gasteiger charge is -2.43. The van der Waals surface area contributed by atoms with Crippen molar-refractivity contribution in [2.75, 3.05) is 26.4 Å². The Morgan fingerprint density at radius 1 is 1.32 bits per heavy atom. The molecule has 0 N–H and O–H groups in total. The second kappa shape index (κ2) is 6.09. The van der Waals surface area contributed by atoms with Crippen LogP contribution in [0.1, 0.15) is 25.7 Å². The zero-order valence-corrected chi connectivity index (χ0v) is 10.6. The monoisotopic (exact) mass is 281 g/mol. The first-order valence-electron chi connectivity index (χ1n) is 6.53. The number of fused-ring (bicyclic) bond motifs is 1. The zero-order chi connectivity index (χ0) is 13.9. The molecule has 1 aliphatic heterocycles. The van der Waals surface area contributed by atoms with E-state index in [0.717, 1.165) is 25.7 Å². The average molecular weight is 281 g/mol. The van der Waals surface area contributed by atoms with Gasteiger partial charge >= 0.3 is 6.18 Å². The maximum absolute atomic E-state index is 11.9. The van der Waals surface area contributed by atoms with Crippen LogP contribution in [0.3, 0.4) is 0 Å². The van der Waals surface area contributed by atoms with Gasteiger partial charge in [0.05, 0.1) is 18.8 Å². The Hall–Kier alpha value is -0.820. The van der Waals surface area contributed by atoms with E-state index in [-0.39, 0.29) is 18.1 Å². The molecule has 0 aromatic rings. The fourth-order valence-electron chi connectivity index (χ4n) is 2.74. The lowest BCUT2D eigenvalue weighted by Crippen LogP contribution is -2.55. The van der Waals surface area contributed by atoms with E-state index in [2.05, 4.69) is 4.74 Å². The Morgan fingerprint density at radius 2 is 2.05 bits per heavy atom. The van der Waals surface area contributed by atoms with E-state index in [9.17, 15) is 18.0 Å². The first kappa shape index (κ1) is 14.6. The number of alkyl halides is 3. The smallest absolute Gasteiger partial charge is 0.374 e. The predicted molar refractivity (Wildman–Crippen MR) is 60.6 cm³/mol. The van der Waals surface area contributed by atoms with Gasteiger partial charge in [0.25, 0.3) is 0 Å². The maximum atomic E-state index is 11.9. The predicted octanol–water partition coefficient (Wildman–Crippen LogP) is 1.74. The number of morpholine rings is 1. The molecule has 2 atom stereocenters. The minimum absolute atomic E-state index is 0.00415. The number of carbonyl (C=O) groups excluding carboxylic acids is 1. The van der Waals surface area contributed by atoms with Crippen molar-refractivity contribution in [2.45, 2.75) is 44.0 Å². The molecule has 1 saturated carbocycles. The second-order valence-electron chi connectivity index (χ2n) is 4.96. The summed E-state index contributed by atoms with van der Waals surface area (Å²) in [5, 5.41) is 0. The van der Waals surface area contributed by atoms with Crippen LogP contribution < -0.4 is 0 Å². The van der Waals surface area contributed by atoms with Crippen LogP contribution in [0.25, 0.3) is 0 Å². The third kappa shape index (κ3) is 4.07. The van der Waals surface area contributed by atoms with Crippen LogP contribution in [0, 0.1) is 0 Å². The van der Waals surface area contributed by atoms with Crippen molar-refractivity contribution in [3.8, 4) is 0 Å². The minimum atomic E-state index is -4.39. The van der Waals surface area contributed by atoms with Crippen LogP contribution in [0.5, 0.6) is 0 Å². The molecular weight excluding hydrogens is 263 g/mol. The molecular formula is C12H18F3NO3. The van der Waals surface area contributed by atoms with Gasteiger partial charge in [-0.15, -0.1) is 0 Å². The summed E-state index contributed by atoms with van der Waals surface area (Å²) in [6.07, 6.45) is -0.480. The third-order valence-electron chi connectivity index (χ3n) is 3.54. The number of hydrogen-bond acceptors (Lipinski definition) is 3. The number of ether oxygens (including phenoxy) is 2.